The van der Waals surface area contributed by atoms with Gasteiger partial charge in [-0.3, -0.25) is 52.5 Å². The van der Waals surface area contributed by atoms with E-state index in [1.54, 1.807) is 90.7 Å². The molecule has 7 aromatic carbocycles. The van der Waals surface area contributed by atoms with Crippen LogP contribution >= 0.6 is 0 Å². The average molecular weight is 1760 g/mol. The zero-order valence-corrected chi connectivity index (χ0v) is 77.0. The normalized spacial score (nSPS) is 13.3. The maximum absolute atomic E-state index is 13.8. The van der Waals surface area contributed by atoms with Crippen molar-refractivity contribution in [3.05, 3.63) is 225 Å². The molecular formula is C99H122N14O16. The molecule has 4 amide bonds. The fourth-order valence-electron chi connectivity index (χ4n) is 14.9. The molecule has 1 saturated heterocycles. The predicted molar refractivity (Wildman–Crippen MR) is 497 cm³/mol. The quantitative estimate of drug-likeness (QED) is 0.0248. The molecule has 129 heavy (non-hydrogen) atoms. The molecule has 0 atom stereocenters. The molecule has 30 heteroatoms. The Kier molecular flexibility index (Phi) is 32.3. The second-order valence-corrected chi connectivity index (χ2v) is 35.7. The number of carboxylic acid groups (broad SMARTS) is 2. The summed E-state index contributed by atoms with van der Waals surface area (Å²) in [4.78, 5) is 108. The van der Waals surface area contributed by atoms with Gasteiger partial charge in [-0.15, -0.1) is 0 Å². The van der Waals surface area contributed by atoms with Gasteiger partial charge in [-0.05, 0) is 245 Å². The largest absolute Gasteiger partial charge is 0.493 e. The number of carbonyl (C=O) groups is 8. The minimum atomic E-state index is -0.963. The van der Waals surface area contributed by atoms with Crippen LogP contribution in [0.15, 0.2) is 164 Å². The number of esters is 2. The lowest BCUT2D eigenvalue weighted by atomic mass is 9.92. The lowest BCUT2D eigenvalue weighted by Gasteiger charge is -2.36. The topological polar surface area (TPSA) is 338 Å². The highest BCUT2D eigenvalue weighted by Crippen LogP contribution is 2.41. The average Bonchev–Trinajstić information content (AvgIpc) is 1.65. The van der Waals surface area contributed by atoms with E-state index in [1.165, 1.54) is 12.5 Å². The third-order valence-electron chi connectivity index (χ3n) is 21.7. The number of para-hydroxylation sites is 6. The number of hydrogen-bond acceptors (Lipinski definition) is 21. The first kappa shape index (κ1) is 96.1. The fourth-order valence-corrected chi connectivity index (χ4v) is 14.9. The number of aromatic nitrogens is 6. The van der Waals surface area contributed by atoms with Gasteiger partial charge in [-0.1, -0.05) is 57.2 Å². The molecule has 0 radical (unpaired) electrons. The first-order valence-corrected chi connectivity index (χ1v) is 43.7. The summed E-state index contributed by atoms with van der Waals surface area (Å²) >= 11 is 0. The highest BCUT2D eigenvalue weighted by Gasteiger charge is 2.32. The van der Waals surface area contributed by atoms with Crippen molar-refractivity contribution in [2.75, 3.05) is 89.8 Å². The molecule has 30 nitrogen and oxygen atoms in total. The van der Waals surface area contributed by atoms with Gasteiger partial charge >= 0.3 is 23.9 Å². The van der Waals surface area contributed by atoms with E-state index in [0.717, 1.165) is 129 Å². The second-order valence-electron chi connectivity index (χ2n) is 35.7. The number of aryl methyl sites for hydroxylation is 7. The van der Waals surface area contributed by atoms with E-state index in [0.29, 0.717) is 130 Å². The highest BCUT2D eigenvalue weighted by molar-refractivity contribution is 6.11. The number of carbonyl (C=O) groups excluding carboxylic acids is 6. The number of benzene rings is 7. The molecule has 0 saturated carbocycles. The van der Waals surface area contributed by atoms with Crippen molar-refractivity contribution >= 4 is 99.1 Å². The molecule has 0 bridgehead atoms. The SMILES string of the molecule is Cc1cc(C(=O)N2Cc3cnn(C)c3Nc3ccccc32)ccc1OCCCC(=O)N1CCN(CCC(C)(C)C)CC1.Cc1cc(C(=O)N2Cc3cnn(C)c3Nc3ccccc32)ccc1OCCCC(=O)O.Cc1cc(C(=O)N2Cc3cnn(C)c3Nc3ccccc32)ccc1OCCCC(=O)OC(C)(C)C.Cc1cc(C(=O)O)ccc1OCCCC(=O)OC(C)(C)C. The molecule has 3 aromatic heterocycles. The van der Waals surface area contributed by atoms with Gasteiger partial charge in [-0.25, -0.2) is 4.79 Å². The Morgan fingerprint density at radius 3 is 1.02 bits per heavy atom. The van der Waals surface area contributed by atoms with E-state index in [4.69, 9.17) is 38.6 Å². The first-order chi connectivity index (χ1) is 61.3. The van der Waals surface area contributed by atoms with Gasteiger partial charge in [0.15, 0.2) is 0 Å². The Balaban J connectivity index is 0.000000171. The first-order valence-electron chi connectivity index (χ1n) is 43.7. The highest BCUT2D eigenvalue weighted by atomic mass is 16.6. The number of ether oxygens (including phenoxy) is 6. The van der Waals surface area contributed by atoms with Crippen molar-refractivity contribution < 1.29 is 77.0 Å². The van der Waals surface area contributed by atoms with Crippen molar-refractivity contribution in [3.8, 4) is 23.0 Å². The Bertz CT molecular complexity index is 5650. The number of amides is 4. The number of carboxylic acids is 2. The Labute approximate surface area is 754 Å². The van der Waals surface area contributed by atoms with E-state index in [9.17, 15) is 38.4 Å². The number of fused-ring (bicyclic) bond motifs is 6. The molecule has 0 unspecified atom stereocenters. The number of aliphatic carboxylic acids is 1. The monoisotopic (exact) mass is 1760 g/mol. The van der Waals surface area contributed by atoms with Gasteiger partial charge in [0.05, 0.1) is 104 Å². The molecule has 14 rings (SSSR count). The van der Waals surface area contributed by atoms with Crippen molar-refractivity contribution in [1.29, 1.82) is 0 Å². The minimum Gasteiger partial charge on any atom is -0.493 e. The lowest BCUT2D eigenvalue weighted by molar-refractivity contribution is -0.156. The third kappa shape index (κ3) is 26.8. The minimum absolute atomic E-state index is 0.0638. The van der Waals surface area contributed by atoms with E-state index in [2.05, 4.69) is 56.9 Å². The summed E-state index contributed by atoms with van der Waals surface area (Å²) < 4.78 is 39.0. The van der Waals surface area contributed by atoms with Crippen LogP contribution in [0.25, 0.3) is 0 Å². The molecule has 684 valence electrons. The molecule has 4 aliphatic heterocycles. The van der Waals surface area contributed by atoms with Gasteiger partial charge in [-0.2, -0.15) is 15.3 Å². The molecule has 0 aliphatic carbocycles. The van der Waals surface area contributed by atoms with Gasteiger partial charge in [0, 0.05) is 106 Å². The van der Waals surface area contributed by atoms with Crippen LogP contribution in [0.3, 0.4) is 0 Å². The van der Waals surface area contributed by atoms with Crippen LogP contribution in [0.4, 0.5) is 51.6 Å². The summed E-state index contributed by atoms with van der Waals surface area (Å²) in [5.74, 6) is 2.94. The van der Waals surface area contributed by atoms with Crippen LogP contribution in [-0.4, -0.2) is 167 Å². The van der Waals surface area contributed by atoms with Crippen LogP contribution in [0, 0.1) is 33.1 Å². The fraction of sp³-hybridized carbons (Fsp3) is 0.404. The van der Waals surface area contributed by atoms with Crippen molar-refractivity contribution in [3.63, 3.8) is 0 Å². The summed E-state index contributed by atoms with van der Waals surface area (Å²) in [5.41, 5.74) is 12.5. The zero-order chi connectivity index (χ0) is 93.0. The summed E-state index contributed by atoms with van der Waals surface area (Å²) in [7, 11) is 5.63. The number of rotatable bonds is 26. The van der Waals surface area contributed by atoms with Crippen LogP contribution < -0.4 is 49.6 Å². The van der Waals surface area contributed by atoms with E-state index in [1.807, 2.05) is 191 Å². The number of nitrogens with zero attached hydrogens (tertiary/aromatic N) is 11. The van der Waals surface area contributed by atoms with Gasteiger partial charge in [0.25, 0.3) is 17.7 Å². The van der Waals surface area contributed by atoms with E-state index in [-0.39, 0.29) is 47.6 Å². The van der Waals surface area contributed by atoms with Crippen LogP contribution in [0.1, 0.15) is 200 Å². The molecule has 0 spiro atoms. The number of nitrogens with one attached hydrogen (secondary N) is 3. The van der Waals surface area contributed by atoms with E-state index < -0.39 is 23.1 Å². The predicted octanol–water partition coefficient (Wildman–Crippen LogP) is 17.6. The maximum atomic E-state index is 13.8. The summed E-state index contributed by atoms with van der Waals surface area (Å²) in [6, 6.07) is 44.3. The maximum Gasteiger partial charge on any atom is 0.335 e. The van der Waals surface area contributed by atoms with Gasteiger partial charge in [0.1, 0.15) is 51.7 Å². The zero-order valence-electron chi connectivity index (χ0n) is 77.0. The molecule has 1 fully saturated rings. The summed E-state index contributed by atoms with van der Waals surface area (Å²) in [6.45, 7) is 32.8. The molecular weight excluding hydrogens is 1640 g/mol. The Morgan fingerprint density at radius 2 is 0.705 bits per heavy atom. The molecule has 10 aromatic rings. The van der Waals surface area contributed by atoms with E-state index >= 15 is 0 Å². The van der Waals surface area contributed by atoms with Gasteiger partial charge < -0.3 is 74.2 Å². The standard InChI is InChI=1S/C33H44N6O3.C27H32N4O4.C23H24N4O4.C16H22O5/c1-24-21-25(32(41)39-23-26-22-34-36(5)31(26)35-27-9-6-7-10-28(27)39)12-13-29(24)42-20-8-11-30(40)38-18-16-37(17-19-38)15-14-33(2,3)4;1-18-15-19(12-13-23(18)34-14-8-11-24(32)35-27(2,3)4)26(33)31-17-20-16-28-30(5)25(20)29-21-9-6-7-10-22(21)31;1-15-12-16(9-10-20(15)31-11-5-8-21(28)29)23(30)27-14-17-13-24-26(2)22(17)25-18-6-3-4-7-19(18)27;1-11-10-12(15(18)19)7-8-13(11)20-9-5-6-14(17)21-16(2,3)4/h6-7,9-10,12-13,21-22,35H,8,11,14-20,23H2,1-5H3;6-7,9-10,12-13,15-16,29H,8,11,14,17H2,1-5H3;3-4,6-7,9-10,12-13,25H,5,8,11,14H2,1-2H3,(H,28,29);7-8,10H,5-6,9H2,1-4H3,(H,18,19). The Morgan fingerprint density at radius 1 is 0.395 bits per heavy atom. The smallest absolute Gasteiger partial charge is 0.335 e. The second kappa shape index (κ2) is 43.3. The van der Waals surface area contributed by atoms with Crippen LogP contribution in [-0.2, 0) is 69.4 Å². The Hall–Kier alpha value is -13.5. The van der Waals surface area contributed by atoms with Crippen molar-refractivity contribution in [1.82, 2.24) is 39.1 Å². The lowest BCUT2D eigenvalue weighted by Crippen LogP contribution is -2.49. The molecule has 4 aliphatic rings. The number of hydrogen-bond donors (Lipinski definition) is 5. The number of aromatic carboxylic acids is 1. The summed E-state index contributed by atoms with van der Waals surface area (Å²) in [6.07, 6.45) is 9.86. The van der Waals surface area contributed by atoms with Crippen LogP contribution in [0.2, 0.25) is 0 Å². The number of piperazine rings is 1. The number of anilines is 9. The van der Waals surface area contributed by atoms with Crippen molar-refractivity contribution in [2.24, 2.45) is 26.6 Å². The molecule has 5 N–H and O–H groups in total. The van der Waals surface area contributed by atoms with Gasteiger partial charge in [0.2, 0.25) is 5.91 Å². The third-order valence-corrected chi connectivity index (χ3v) is 21.7. The molecule has 7 heterocycles. The van der Waals surface area contributed by atoms with Crippen molar-refractivity contribution in [2.45, 2.75) is 179 Å². The van der Waals surface area contributed by atoms with Crippen LogP contribution in [0.5, 0.6) is 23.0 Å². The summed E-state index contributed by atoms with van der Waals surface area (Å²) in [5, 5.41) is 40.9.